The van der Waals surface area contributed by atoms with Crippen molar-refractivity contribution in [1.29, 1.82) is 0 Å². The van der Waals surface area contributed by atoms with Crippen LogP contribution in [-0.2, 0) is 32.1 Å². The summed E-state index contributed by atoms with van der Waals surface area (Å²) in [6.45, 7) is 0.118. The number of benzene rings is 1. The summed E-state index contributed by atoms with van der Waals surface area (Å²) in [4.78, 5) is 68.9. The molecule has 12 heteroatoms. The fourth-order valence-electron chi connectivity index (χ4n) is 6.49. The molecule has 3 aliphatic rings. The molecule has 0 aliphatic heterocycles. The maximum absolute atomic E-state index is 15.8. The minimum atomic E-state index is -2.82. The first-order chi connectivity index (χ1) is 17.2. The smallest absolute Gasteiger partial charge is 0.235 e. The summed E-state index contributed by atoms with van der Waals surface area (Å²) >= 11 is 0. The van der Waals surface area contributed by atoms with Gasteiger partial charge in [-0.3, -0.25) is 28.9 Å². The van der Waals surface area contributed by atoms with E-state index in [4.69, 9.17) is 5.73 Å². The summed E-state index contributed by atoms with van der Waals surface area (Å²) < 4.78 is 15.8. The number of Topliss-reactive ketones (excluding diaryl/α,β-unsaturated/α-hetero) is 4. The molecule has 5 N–H and O–H groups in total. The average molecular weight is 519 g/mol. The highest BCUT2D eigenvalue weighted by Crippen LogP contribution is 2.52. The number of ketones is 4. The molecule has 0 radical (unpaired) electrons. The highest BCUT2D eigenvalue weighted by Gasteiger charge is 2.69. The van der Waals surface area contributed by atoms with Crippen LogP contribution in [0.2, 0.25) is 0 Å². The van der Waals surface area contributed by atoms with Crippen LogP contribution < -0.4 is 11.1 Å². The number of hydrogen-bond donors (Lipinski definition) is 4. The minimum Gasteiger partial charge on any atom is -0.505 e. The van der Waals surface area contributed by atoms with Gasteiger partial charge in [0.25, 0.3) is 0 Å². The monoisotopic (exact) mass is 518 g/mol. The van der Waals surface area contributed by atoms with Crippen molar-refractivity contribution in [3.05, 3.63) is 22.5 Å². The Labute approximate surface area is 212 Å². The number of carbonyl (C=O) groups is 5. The van der Waals surface area contributed by atoms with E-state index in [1.165, 1.54) is 26.0 Å². The summed E-state index contributed by atoms with van der Waals surface area (Å²) in [5, 5.41) is 25.3. The number of nitrogens with zero attached hydrogens (tertiary/aromatic N) is 2. The normalized spacial score (nSPS) is 31.3. The Morgan fingerprint density at radius 1 is 1.16 bits per heavy atom. The van der Waals surface area contributed by atoms with Gasteiger partial charge in [0, 0.05) is 30.6 Å². The molecule has 37 heavy (non-hydrogen) atoms. The number of aromatic hydroxyl groups is 1. The Hall–Kier alpha value is -3.22. The third-order valence-corrected chi connectivity index (χ3v) is 7.99. The van der Waals surface area contributed by atoms with Crippen LogP contribution in [0.15, 0.2) is 0 Å². The Kier molecular flexibility index (Phi) is 6.50. The zero-order chi connectivity index (χ0) is 27.7. The van der Waals surface area contributed by atoms with E-state index >= 15 is 4.39 Å². The van der Waals surface area contributed by atoms with Gasteiger partial charge in [-0.25, -0.2) is 4.39 Å². The highest BCUT2D eigenvalue weighted by atomic mass is 19.1. The topological polar surface area (TPSA) is 170 Å². The number of amides is 1. The van der Waals surface area contributed by atoms with Crippen LogP contribution in [0.3, 0.4) is 0 Å². The molecule has 3 aliphatic carbocycles. The molecule has 1 aromatic rings. The van der Waals surface area contributed by atoms with Crippen LogP contribution in [0.5, 0.6) is 5.75 Å². The van der Waals surface area contributed by atoms with Gasteiger partial charge >= 0.3 is 0 Å². The number of nitrogens with one attached hydrogen (secondary N) is 1. The van der Waals surface area contributed by atoms with Gasteiger partial charge in [0.05, 0.1) is 23.2 Å². The van der Waals surface area contributed by atoms with Crippen molar-refractivity contribution in [3.63, 3.8) is 0 Å². The number of carbonyl (C=O) groups excluding carboxylic acids is 5. The van der Waals surface area contributed by atoms with Crippen molar-refractivity contribution in [3.8, 4) is 5.75 Å². The summed E-state index contributed by atoms with van der Waals surface area (Å²) in [5.41, 5.74) is 2.20. The standard InChI is InChI=1S/C25H31FN4O7/c1-28-17-11(8-29(2)3)16(26)10-6-9-7-12-18(30(4)5)21(33)15(24(27)36)23(35)25(12,37)22(34)13(9)19(31)14(10)20(17)32/h9,12-13,15,18,28,32,37H,6-8H2,1-5H3,(H2,27,36)/t9-,12-,13?,15?,18-,25-/m0/s1. The maximum atomic E-state index is 15.8. The molecule has 200 valence electrons. The predicted molar refractivity (Wildman–Crippen MR) is 128 cm³/mol. The van der Waals surface area contributed by atoms with Crippen molar-refractivity contribution in [2.24, 2.45) is 29.4 Å². The lowest BCUT2D eigenvalue weighted by molar-refractivity contribution is -0.181. The summed E-state index contributed by atoms with van der Waals surface area (Å²) in [7, 11) is 7.89. The van der Waals surface area contributed by atoms with Crippen LogP contribution in [-0.4, -0.2) is 95.9 Å². The highest BCUT2D eigenvalue weighted by molar-refractivity contribution is 6.32. The first kappa shape index (κ1) is 26.8. The molecular weight excluding hydrogens is 487 g/mol. The van der Waals surface area contributed by atoms with E-state index < -0.39 is 75.9 Å². The van der Waals surface area contributed by atoms with Gasteiger partial charge in [-0.2, -0.15) is 0 Å². The van der Waals surface area contributed by atoms with Crippen molar-refractivity contribution in [2.75, 3.05) is 40.6 Å². The van der Waals surface area contributed by atoms with Crippen LogP contribution in [0.1, 0.15) is 27.9 Å². The van der Waals surface area contributed by atoms with E-state index in [1.54, 1.807) is 19.0 Å². The molecule has 2 saturated carbocycles. The number of phenols is 1. The zero-order valence-electron chi connectivity index (χ0n) is 21.3. The maximum Gasteiger partial charge on any atom is 0.235 e. The number of aliphatic hydroxyl groups is 1. The molecule has 1 aromatic carbocycles. The number of fused-ring (bicyclic) bond motifs is 3. The van der Waals surface area contributed by atoms with Gasteiger partial charge < -0.3 is 26.2 Å². The zero-order valence-corrected chi connectivity index (χ0v) is 21.3. The molecule has 0 spiro atoms. The molecule has 2 fully saturated rings. The second-order valence-corrected chi connectivity index (χ2v) is 10.6. The first-order valence-electron chi connectivity index (χ1n) is 11.9. The van der Waals surface area contributed by atoms with E-state index in [9.17, 15) is 34.2 Å². The number of likely N-dealkylation sites (N-methyl/N-ethyl adjacent to an activating group) is 1. The molecule has 2 unspecified atom stereocenters. The fourth-order valence-corrected chi connectivity index (χ4v) is 6.49. The molecular formula is C25H31FN4O7. The summed E-state index contributed by atoms with van der Waals surface area (Å²) in [6, 6.07) is -1.21. The van der Waals surface area contributed by atoms with E-state index in [-0.39, 0.29) is 41.8 Å². The Bertz CT molecular complexity index is 1250. The van der Waals surface area contributed by atoms with E-state index in [1.807, 2.05) is 0 Å². The molecule has 0 aromatic heterocycles. The molecule has 6 atom stereocenters. The van der Waals surface area contributed by atoms with E-state index in [0.29, 0.717) is 0 Å². The van der Waals surface area contributed by atoms with Gasteiger partial charge in [0.2, 0.25) is 5.91 Å². The van der Waals surface area contributed by atoms with Crippen molar-refractivity contribution < 1.29 is 38.6 Å². The average Bonchev–Trinajstić information content (AvgIpc) is 2.79. The Morgan fingerprint density at radius 2 is 1.78 bits per heavy atom. The lowest BCUT2D eigenvalue weighted by Gasteiger charge is -2.52. The third kappa shape index (κ3) is 3.61. The second-order valence-electron chi connectivity index (χ2n) is 10.6. The molecule has 1 amide bonds. The van der Waals surface area contributed by atoms with Crippen LogP contribution in [0.4, 0.5) is 10.1 Å². The lowest BCUT2D eigenvalue weighted by Crippen LogP contribution is -2.74. The van der Waals surface area contributed by atoms with Crippen molar-refractivity contribution in [1.82, 2.24) is 9.80 Å². The second kappa shape index (κ2) is 8.96. The molecule has 0 heterocycles. The summed E-state index contributed by atoms with van der Waals surface area (Å²) in [6.07, 6.45) is -0.267. The first-order valence-corrected chi connectivity index (χ1v) is 11.9. The van der Waals surface area contributed by atoms with Gasteiger partial charge in [-0.15, -0.1) is 0 Å². The van der Waals surface area contributed by atoms with Gasteiger partial charge in [-0.05, 0) is 47.0 Å². The predicted octanol–water partition coefficient (Wildman–Crippen LogP) is -0.891. The number of primary amides is 1. The third-order valence-electron chi connectivity index (χ3n) is 7.99. The number of hydrogen-bond acceptors (Lipinski definition) is 10. The molecule has 4 rings (SSSR count). The fraction of sp³-hybridized carbons (Fsp3) is 0.560. The number of halogens is 1. The number of nitrogens with two attached hydrogens (primary N) is 1. The van der Waals surface area contributed by atoms with Crippen LogP contribution in [0.25, 0.3) is 0 Å². The van der Waals surface area contributed by atoms with Gasteiger partial charge in [0.15, 0.2) is 34.7 Å². The Morgan fingerprint density at radius 3 is 2.30 bits per heavy atom. The van der Waals surface area contributed by atoms with Gasteiger partial charge in [0.1, 0.15) is 11.6 Å². The van der Waals surface area contributed by atoms with E-state index in [2.05, 4.69) is 5.32 Å². The molecule has 11 nitrogen and oxygen atoms in total. The Balaban J connectivity index is 1.90. The number of rotatable bonds is 5. The quantitative estimate of drug-likeness (QED) is 0.283. The van der Waals surface area contributed by atoms with Crippen LogP contribution >= 0.6 is 0 Å². The molecule has 0 bridgehead atoms. The summed E-state index contributed by atoms with van der Waals surface area (Å²) in [5.74, 6) is -12.5. The minimum absolute atomic E-state index is 0.00241. The lowest BCUT2D eigenvalue weighted by atomic mass is 9.52. The van der Waals surface area contributed by atoms with Crippen molar-refractivity contribution >= 4 is 34.7 Å². The van der Waals surface area contributed by atoms with Crippen LogP contribution in [0, 0.1) is 29.5 Å². The number of phenolic OH excluding ortho intramolecular Hbond substituents is 1. The largest absolute Gasteiger partial charge is 0.505 e. The molecule has 0 saturated heterocycles. The van der Waals surface area contributed by atoms with Gasteiger partial charge in [-0.1, -0.05) is 0 Å². The van der Waals surface area contributed by atoms with E-state index in [0.717, 1.165) is 0 Å². The number of anilines is 1. The SMILES string of the molecule is CNc1c(O)c2c(c(F)c1CN(C)C)C[C@H]1C[C@H]3[C@H](N(C)C)C(=O)C(C(N)=O)C(=O)[C@@]3(O)C(=O)C1C2=O. The van der Waals surface area contributed by atoms with Crippen molar-refractivity contribution in [2.45, 2.75) is 31.0 Å².